The largest absolute Gasteiger partial charge is 0.416 e. The summed E-state index contributed by atoms with van der Waals surface area (Å²) in [5.41, 5.74) is 1.60. The second kappa shape index (κ2) is 7.29. The normalized spacial score (nSPS) is 12.8. The quantitative estimate of drug-likeness (QED) is 0.552. The Hall–Kier alpha value is -3.69. The fraction of sp³-hybridized carbons (Fsp3) is 0.200. The van der Waals surface area contributed by atoms with E-state index in [1.54, 1.807) is 38.4 Å². The molecule has 10 heteroatoms. The Morgan fingerprint density at radius 2 is 1.97 bits per heavy atom. The summed E-state index contributed by atoms with van der Waals surface area (Å²) in [7, 11) is 0. The van der Waals surface area contributed by atoms with Gasteiger partial charge in [0.2, 0.25) is 0 Å². The van der Waals surface area contributed by atoms with Gasteiger partial charge in [0.15, 0.2) is 5.65 Å². The molecule has 0 aliphatic heterocycles. The van der Waals surface area contributed by atoms with Crippen LogP contribution in [-0.2, 0) is 6.18 Å². The maximum absolute atomic E-state index is 13.0. The zero-order valence-corrected chi connectivity index (χ0v) is 16.1. The number of benzene rings is 1. The summed E-state index contributed by atoms with van der Waals surface area (Å²) >= 11 is 0. The van der Waals surface area contributed by atoms with Gasteiger partial charge >= 0.3 is 6.18 Å². The van der Waals surface area contributed by atoms with E-state index in [2.05, 4.69) is 20.5 Å². The fourth-order valence-electron chi connectivity index (χ4n) is 3.26. The molecular weight excluding hydrogens is 397 g/mol. The number of hydrogen-bond acceptors (Lipinski definition) is 4. The average Bonchev–Trinajstić information content (AvgIpc) is 3.31. The van der Waals surface area contributed by atoms with Crippen molar-refractivity contribution in [2.24, 2.45) is 0 Å². The molecule has 7 nitrogen and oxygen atoms in total. The van der Waals surface area contributed by atoms with E-state index in [0.717, 1.165) is 12.1 Å². The highest BCUT2D eigenvalue weighted by atomic mass is 19.4. The lowest BCUT2D eigenvalue weighted by Gasteiger charge is -2.14. The average molecular weight is 414 g/mol. The third-order valence-electron chi connectivity index (χ3n) is 4.80. The van der Waals surface area contributed by atoms with E-state index in [1.165, 1.54) is 27.7 Å². The van der Waals surface area contributed by atoms with Crippen LogP contribution in [0.3, 0.4) is 0 Å². The number of nitrogens with one attached hydrogen (secondary N) is 1. The van der Waals surface area contributed by atoms with E-state index in [0.29, 0.717) is 28.2 Å². The Morgan fingerprint density at radius 1 is 1.17 bits per heavy atom. The van der Waals surface area contributed by atoms with Crippen LogP contribution >= 0.6 is 0 Å². The monoisotopic (exact) mass is 414 g/mol. The van der Waals surface area contributed by atoms with Crippen LogP contribution in [-0.4, -0.2) is 30.3 Å². The summed E-state index contributed by atoms with van der Waals surface area (Å²) in [5, 5.41) is 11.2. The zero-order chi connectivity index (χ0) is 21.5. The molecular formula is C20H17F3N6O. The molecule has 3 heterocycles. The van der Waals surface area contributed by atoms with E-state index in [9.17, 15) is 18.0 Å². The van der Waals surface area contributed by atoms with E-state index in [4.69, 9.17) is 0 Å². The molecule has 0 bridgehead atoms. The first-order valence-corrected chi connectivity index (χ1v) is 9.07. The van der Waals surface area contributed by atoms with Crippen LogP contribution in [0.15, 0.2) is 55.1 Å². The summed E-state index contributed by atoms with van der Waals surface area (Å²) in [6.45, 7) is 3.51. The molecule has 0 unspecified atom stereocenters. The molecule has 3 aromatic heterocycles. The number of carbonyl (C=O) groups is 1. The highest BCUT2D eigenvalue weighted by molar-refractivity contribution is 5.99. The molecule has 154 valence electrons. The Kier molecular flexibility index (Phi) is 4.76. The van der Waals surface area contributed by atoms with Crippen molar-refractivity contribution in [3.8, 4) is 5.69 Å². The number of aromatic nitrogens is 5. The van der Waals surface area contributed by atoms with Gasteiger partial charge in [-0.05, 0) is 38.1 Å². The molecule has 1 N–H and O–H groups in total. The number of nitrogens with zero attached hydrogens (tertiary/aromatic N) is 5. The fourth-order valence-corrected chi connectivity index (χ4v) is 3.26. The molecule has 4 aromatic rings. The minimum absolute atomic E-state index is 0.291. The van der Waals surface area contributed by atoms with Gasteiger partial charge in [0.05, 0.1) is 29.7 Å². The van der Waals surface area contributed by atoms with Gasteiger partial charge in [-0.3, -0.25) is 4.79 Å². The standard InChI is InChI=1S/C20H17F3N6O/c1-12(27-19(30)17-11-25-28-8-4-7-24-18(17)28)16-10-26-29(13(16)2)15-6-3-5-14(9-15)20(21,22)23/h3-12H,1-2H3,(H,27,30)/t12-/m0/s1. The summed E-state index contributed by atoms with van der Waals surface area (Å²) in [5.74, 6) is -0.359. The second-order valence-electron chi connectivity index (χ2n) is 6.79. The molecule has 0 fully saturated rings. The lowest BCUT2D eigenvalue weighted by atomic mass is 10.1. The van der Waals surface area contributed by atoms with Crippen LogP contribution < -0.4 is 5.32 Å². The maximum atomic E-state index is 13.0. The second-order valence-corrected chi connectivity index (χ2v) is 6.79. The molecule has 0 aliphatic carbocycles. The lowest BCUT2D eigenvalue weighted by molar-refractivity contribution is -0.137. The number of rotatable bonds is 4. The molecule has 0 saturated heterocycles. The maximum Gasteiger partial charge on any atom is 0.416 e. The van der Waals surface area contributed by atoms with Crippen molar-refractivity contribution in [3.63, 3.8) is 0 Å². The van der Waals surface area contributed by atoms with E-state index >= 15 is 0 Å². The van der Waals surface area contributed by atoms with Crippen molar-refractivity contribution in [2.75, 3.05) is 0 Å². The molecule has 1 amide bonds. The first kappa shape index (κ1) is 19.6. The van der Waals surface area contributed by atoms with Gasteiger partial charge in [-0.25, -0.2) is 14.2 Å². The topological polar surface area (TPSA) is 77.1 Å². The minimum Gasteiger partial charge on any atom is -0.345 e. The van der Waals surface area contributed by atoms with Gasteiger partial charge in [-0.1, -0.05) is 6.07 Å². The van der Waals surface area contributed by atoms with Gasteiger partial charge in [0.1, 0.15) is 5.56 Å². The van der Waals surface area contributed by atoms with Crippen molar-refractivity contribution >= 4 is 11.6 Å². The molecule has 1 aromatic carbocycles. The van der Waals surface area contributed by atoms with Gasteiger partial charge in [-0.15, -0.1) is 0 Å². The van der Waals surface area contributed by atoms with E-state index in [1.807, 2.05) is 0 Å². The van der Waals surface area contributed by atoms with Crippen LogP contribution in [0.2, 0.25) is 0 Å². The van der Waals surface area contributed by atoms with E-state index in [-0.39, 0.29) is 5.91 Å². The molecule has 0 spiro atoms. The number of halogens is 3. The number of hydrogen-bond donors (Lipinski definition) is 1. The van der Waals surface area contributed by atoms with Crippen molar-refractivity contribution in [1.82, 2.24) is 29.7 Å². The third kappa shape index (κ3) is 3.51. The third-order valence-corrected chi connectivity index (χ3v) is 4.80. The Bertz CT molecular complexity index is 1230. The van der Waals surface area contributed by atoms with Crippen molar-refractivity contribution in [1.29, 1.82) is 0 Å². The van der Waals surface area contributed by atoms with Crippen LogP contribution in [0.1, 0.15) is 40.1 Å². The molecule has 1 atom stereocenters. The van der Waals surface area contributed by atoms with Crippen molar-refractivity contribution in [3.05, 3.63) is 77.5 Å². The van der Waals surface area contributed by atoms with Gasteiger partial charge in [0, 0.05) is 23.7 Å². The number of amides is 1. The van der Waals surface area contributed by atoms with Gasteiger partial charge in [-0.2, -0.15) is 23.4 Å². The Balaban J connectivity index is 1.58. The smallest absolute Gasteiger partial charge is 0.345 e. The summed E-state index contributed by atoms with van der Waals surface area (Å²) in [6, 6.07) is 6.20. The Labute approximate surface area is 169 Å². The van der Waals surface area contributed by atoms with Crippen LogP contribution in [0, 0.1) is 6.92 Å². The summed E-state index contributed by atoms with van der Waals surface area (Å²) in [4.78, 5) is 16.9. The highest BCUT2D eigenvalue weighted by Gasteiger charge is 2.30. The van der Waals surface area contributed by atoms with E-state index < -0.39 is 17.8 Å². The number of alkyl halides is 3. The lowest BCUT2D eigenvalue weighted by Crippen LogP contribution is -2.27. The molecule has 0 radical (unpaired) electrons. The van der Waals surface area contributed by atoms with Crippen LogP contribution in [0.25, 0.3) is 11.3 Å². The van der Waals surface area contributed by atoms with Crippen molar-refractivity contribution in [2.45, 2.75) is 26.1 Å². The van der Waals surface area contributed by atoms with Gasteiger partial charge in [0.25, 0.3) is 5.91 Å². The summed E-state index contributed by atoms with van der Waals surface area (Å²) < 4.78 is 42.0. The molecule has 0 aliphatic rings. The number of carbonyl (C=O) groups excluding carboxylic acids is 1. The summed E-state index contributed by atoms with van der Waals surface area (Å²) in [6.07, 6.45) is 1.79. The predicted octanol–water partition coefficient (Wildman–Crippen LogP) is 3.73. The first-order valence-electron chi connectivity index (χ1n) is 9.07. The molecule has 4 rings (SSSR count). The van der Waals surface area contributed by atoms with Gasteiger partial charge < -0.3 is 5.32 Å². The SMILES string of the molecule is Cc1c([C@H](C)NC(=O)c2cnn3cccnc23)cnn1-c1cccc(C(F)(F)F)c1. The minimum atomic E-state index is -4.44. The highest BCUT2D eigenvalue weighted by Crippen LogP contribution is 2.31. The molecule has 30 heavy (non-hydrogen) atoms. The van der Waals surface area contributed by atoms with Crippen molar-refractivity contribution < 1.29 is 18.0 Å². The number of fused-ring (bicyclic) bond motifs is 1. The molecule has 0 saturated carbocycles. The van der Waals surface area contributed by atoms with Crippen LogP contribution in [0.5, 0.6) is 0 Å². The Morgan fingerprint density at radius 3 is 2.73 bits per heavy atom. The predicted molar refractivity (Wildman–Crippen MR) is 102 cm³/mol. The van der Waals surface area contributed by atoms with Crippen LogP contribution in [0.4, 0.5) is 13.2 Å². The zero-order valence-electron chi connectivity index (χ0n) is 16.1. The first-order chi connectivity index (χ1) is 14.3.